The minimum atomic E-state index is -0.282. The molecule has 2 heterocycles. The minimum Gasteiger partial charge on any atom is -0.397 e. The zero-order valence-electron chi connectivity index (χ0n) is 10.9. The van der Waals surface area contributed by atoms with Crippen molar-refractivity contribution in [3.63, 3.8) is 0 Å². The highest BCUT2D eigenvalue weighted by Crippen LogP contribution is 2.35. The summed E-state index contributed by atoms with van der Waals surface area (Å²) in [6.45, 7) is 3.25. The van der Waals surface area contributed by atoms with E-state index in [1.165, 1.54) is 6.07 Å². The van der Waals surface area contributed by atoms with E-state index in [1.807, 2.05) is 0 Å². The summed E-state index contributed by atoms with van der Waals surface area (Å²) in [4.78, 5) is 13.9. The number of benzene rings is 1. The van der Waals surface area contributed by atoms with Gasteiger partial charge in [-0.25, -0.2) is 4.39 Å². The number of nitrogens with one attached hydrogen (secondary N) is 1. The Morgan fingerprint density at radius 3 is 3.05 bits per heavy atom. The molecule has 2 aliphatic rings. The largest absolute Gasteiger partial charge is 0.397 e. The van der Waals surface area contributed by atoms with E-state index in [0.717, 1.165) is 25.1 Å². The van der Waals surface area contributed by atoms with Gasteiger partial charge in [-0.05, 0) is 37.5 Å². The van der Waals surface area contributed by atoms with Gasteiger partial charge in [0.25, 0.3) is 0 Å². The molecule has 5 heteroatoms. The van der Waals surface area contributed by atoms with Gasteiger partial charge in [-0.2, -0.15) is 0 Å². The first-order valence-electron chi connectivity index (χ1n) is 6.68. The van der Waals surface area contributed by atoms with Crippen molar-refractivity contribution >= 4 is 17.3 Å². The number of hydrogen-bond donors (Lipinski definition) is 2. The number of hydrogen-bond acceptors (Lipinski definition) is 3. The number of aryl methyl sites for hydroxylation is 1. The Morgan fingerprint density at radius 1 is 1.47 bits per heavy atom. The van der Waals surface area contributed by atoms with E-state index in [2.05, 4.69) is 10.2 Å². The van der Waals surface area contributed by atoms with Crippen molar-refractivity contribution in [2.45, 2.75) is 25.8 Å². The molecule has 3 rings (SSSR count). The Kier molecular flexibility index (Phi) is 2.84. The molecule has 2 saturated heterocycles. The van der Waals surface area contributed by atoms with Crippen LogP contribution >= 0.6 is 0 Å². The fourth-order valence-corrected chi connectivity index (χ4v) is 3.18. The summed E-state index contributed by atoms with van der Waals surface area (Å²) in [6.07, 6.45) is 1.89. The van der Waals surface area contributed by atoms with E-state index >= 15 is 0 Å². The lowest BCUT2D eigenvalue weighted by Crippen LogP contribution is -2.46. The molecule has 1 aromatic rings. The zero-order valence-corrected chi connectivity index (χ0v) is 10.9. The first kappa shape index (κ1) is 12.3. The Morgan fingerprint density at radius 2 is 2.26 bits per heavy atom. The van der Waals surface area contributed by atoms with Crippen molar-refractivity contribution in [2.24, 2.45) is 5.92 Å². The van der Waals surface area contributed by atoms with Gasteiger partial charge >= 0.3 is 0 Å². The average Bonchev–Trinajstić information content (AvgIpc) is 2.76. The lowest BCUT2D eigenvalue weighted by atomic mass is 9.90. The summed E-state index contributed by atoms with van der Waals surface area (Å²) >= 11 is 0. The highest BCUT2D eigenvalue weighted by atomic mass is 19.1. The van der Waals surface area contributed by atoms with Gasteiger partial charge in [0.2, 0.25) is 5.91 Å². The van der Waals surface area contributed by atoms with Crippen LogP contribution in [0.15, 0.2) is 12.1 Å². The SMILES string of the molecule is Cc1cc(N2CCCC3C(=O)NCC32)c(N)cc1F. The van der Waals surface area contributed by atoms with Gasteiger partial charge in [-0.1, -0.05) is 0 Å². The molecule has 0 bridgehead atoms. The summed E-state index contributed by atoms with van der Waals surface area (Å²) in [6, 6.07) is 3.31. The molecule has 0 aromatic heterocycles. The third-order valence-corrected chi connectivity index (χ3v) is 4.22. The summed E-state index contributed by atoms with van der Waals surface area (Å²) in [5.41, 5.74) is 7.84. The fourth-order valence-electron chi connectivity index (χ4n) is 3.18. The standard InChI is InChI=1S/C14H18FN3O/c1-8-5-12(11(16)6-10(8)15)18-4-2-3-9-13(18)7-17-14(9)19/h5-6,9,13H,2-4,7,16H2,1H3,(H,17,19). The molecule has 2 aliphatic heterocycles. The minimum absolute atomic E-state index is 0.0403. The van der Waals surface area contributed by atoms with Crippen LogP contribution in [-0.2, 0) is 4.79 Å². The smallest absolute Gasteiger partial charge is 0.225 e. The maximum absolute atomic E-state index is 13.5. The monoisotopic (exact) mass is 263 g/mol. The molecule has 0 saturated carbocycles. The number of rotatable bonds is 1. The number of anilines is 2. The first-order chi connectivity index (χ1) is 9.08. The number of halogens is 1. The molecule has 4 nitrogen and oxygen atoms in total. The summed E-state index contributed by atoms with van der Waals surface area (Å²) in [7, 11) is 0. The third kappa shape index (κ3) is 1.93. The predicted molar refractivity (Wildman–Crippen MR) is 72.4 cm³/mol. The van der Waals surface area contributed by atoms with Crippen LogP contribution in [0.5, 0.6) is 0 Å². The van der Waals surface area contributed by atoms with Crippen molar-refractivity contribution in [2.75, 3.05) is 23.7 Å². The Balaban J connectivity index is 1.97. The number of fused-ring (bicyclic) bond motifs is 1. The summed E-state index contributed by atoms with van der Waals surface area (Å²) in [5.74, 6) is -0.110. The second-order valence-electron chi connectivity index (χ2n) is 5.41. The van der Waals surface area contributed by atoms with Crippen LogP contribution in [0.4, 0.5) is 15.8 Å². The molecule has 3 N–H and O–H groups in total. The average molecular weight is 263 g/mol. The normalized spacial score (nSPS) is 26.2. The predicted octanol–water partition coefficient (Wildman–Crippen LogP) is 1.43. The second kappa shape index (κ2) is 4.40. The summed E-state index contributed by atoms with van der Waals surface area (Å²) < 4.78 is 13.5. The lowest BCUT2D eigenvalue weighted by molar-refractivity contribution is -0.122. The fraction of sp³-hybridized carbons (Fsp3) is 0.500. The van der Waals surface area contributed by atoms with Crippen molar-refractivity contribution in [1.29, 1.82) is 0 Å². The molecule has 2 fully saturated rings. The molecule has 1 amide bonds. The van der Waals surface area contributed by atoms with Crippen LogP contribution in [0.1, 0.15) is 18.4 Å². The van der Waals surface area contributed by atoms with Crippen molar-refractivity contribution < 1.29 is 9.18 Å². The van der Waals surface area contributed by atoms with Crippen LogP contribution < -0.4 is 16.0 Å². The number of nitrogen functional groups attached to an aromatic ring is 1. The van der Waals surface area contributed by atoms with E-state index in [0.29, 0.717) is 17.8 Å². The van der Waals surface area contributed by atoms with Crippen LogP contribution in [0.3, 0.4) is 0 Å². The van der Waals surface area contributed by atoms with E-state index in [4.69, 9.17) is 5.73 Å². The molecular weight excluding hydrogens is 245 g/mol. The van der Waals surface area contributed by atoms with Crippen molar-refractivity contribution in [3.05, 3.63) is 23.5 Å². The number of nitrogens with two attached hydrogens (primary N) is 1. The molecule has 0 spiro atoms. The molecule has 102 valence electrons. The van der Waals surface area contributed by atoms with Gasteiger partial charge in [0.05, 0.1) is 23.3 Å². The van der Waals surface area contributed by atoms with Crippen LogP contribution in [-0.4, -0.2) is 25.0 Å². The second-order valence-corrected chi connectivity index (χ2v) is 5.41. The topological polar surface area (TPSA) is 58.4 Å². The Labute approximate surface area is 111 Å². The van der Waals surface area contributed by atoms with E-state index in [9.17, 15) is 9.18 Å². The van der Waals surface area contributed by atoms with Gasteiger partial charge in [-0.3, -0.25) is 4.79 Å². The van der Waals surface area contributed by atoms with Crippen LogP contribution in [0, 0.1) is 18.7 Å². The molecule has 2 unspecified atom stereocenters. The van der Waals surface area contributed by atoms with Crippen LogP contribution in [0.25, 0.3) is 0 Å². The van der Waals surface area contributed by atoms with E-state index < -0.39 is 0 Å². The number of nitrogens with zero attached hydrogens (tertiary/aromatic N) is 1. The van der Waals surface area contributed by atoms with Crippen molar-refractivity contribution in [1.82, 2.24) is 5.32 Å². The zero-order chi connectivity index (χ0) is 13.6. The first-order valence-corrected chi connectivity index (χ1v) is 6.68. The third-order valence-electron chi connectivity index (χ3n) is 4.22. The lowest BCUT2D eigenvalue weighted by Gasteiger charge is -2.38. The van der Waals surface area contributed by atoms with E-state index in [1.54, 1.807) is 13.0 Å². The molecule has 2 atom stereocenters. The molecular formula is C14H18FN3O. The van der Waals surface area contributed by atoms with E-state index in [-0.39, 0.29) is 23.7 Å². The summed E-state index contributed by atoms with van der Waals surface area (Å²) in [5, 5.41) is 2.91. The van der Waals surface area contributed by atoms with Crippen LogP contribution in [0.2, 0.25) is 0 Å². The van der Waals surface area contributed by atoms with Crippen molar-refractivity contribution in [3.8, 4) is 0 Å². The van der Waals surface area contributed by atoms with Gasteiger partial charge in [0.1, 0.15) is 5.82 Å². The molecule has 1 aromatic carbocycles. The van der Waals surface area contributed by atoms with Gasteiger partial charge in [0.15, 0.2) is 0 Å². The maximum atomic E-state index is 13.5. The van der Waals surface area contributed by atoms with Gasteiger partial charge in [0, 0.05) is 13.1 Å². The Bertz CT molecular complexity index is 532. The molecule has 0 radical (unpaired) electrons. The number of amides is 1. The highest BCUT2D eigenvalue weighted by Gasteiger charge is 2.41. The quantitative estimate of drug-likeness (QED) is 0.754. The number of piperidine rings is 1. The van der Waals surface area contributed by atoms with Gasteiger partial charge in [-0.15, -0.1) is 0 Å². The number of carbonyl (C=O) groups excluding carboxylic acids is 1. The Hall–Kier alpha value is -1.78. The van der Waals surface area contributed by atoms with Gasteiger partial charge < -0.3 is 16.0 Å². The molecule has 19 heavy (non-hydrogen) atoms. The number of carbonyl (C=O) groups is 1. The molecule has 0 aliphatic carbocycles. The highest BCUT2D eigenvalue weighted by molar-refractivity contribution is 5.84. The maximum Gasteiger partial charge on any atom is 0.225 e.